The van der Waals surface area contributed by atoms with Crippen molar-refractivity contribution in [3.8, 4) is 5.88 Å². The summed E-state index contributed by atoms with van der Waals surface area (Å²) >= 11 is 0. The van der Waals surface area contributed by atoms with Gasteiger partial charge in [0.25, 0.3) is 0 Å². The SMILES string of the molecule is COC(=O)Cc1c(C)cc(OC(F)(F)F)nc1CN. The summed E-state index contributed by atoms with van der Waals surface area (Å²) in [5.41, 5.74) is 6.47. The highest BCUT2D eigenvalue weighted by Crippen LogP contribution is 2.25. The van der Waals surface area contributed by atoms with Gasteiger partial charge in [0.05, 0.1) is 19.2 Å². The van der Waals surface area contributed by atoms with Crippen LogP contribution in [0.1, 0.15) is 16.8 Å². The predicted molar refractivity (Wildman–Crippen MR) is 59.3 cm³/mol. The van der Waals surface area contributed by atoms with Crippen LogP contribution in [0.2, 0.25) is 0 Å². The number of rotatable bonds is 4. The molecule has 0 bridgehead atoms. The van der Waals surface area contributed by atoms with E-state index in [1.165, 1.54) is 7.11 Å². The molecule has 2 N–H and O–H groups in total. The number of hydrogen-bond acceptors (Lipinski definition) is 5. The number of pyridine rings is 1. The highest BCUT2D eigenvalue weighted by atomic mass is 19.4. The maximum atomic E-state index is 12.1. The zero-order valence-electron chi connectivity index (χ0n) is 10.4. The Hall–Kier alpha value is -1.83. The molecule has 0 fully saturated rings. The standard InChI is InChI=1S/C11H13F3N2O3/c1-6-3-9(19-11(12,13)14)16-8(5-15)7(6)4-10(17)18-2/h3H,4-5,15H2,1-2H3. The van der Waals surface area contributed by atoms with Crippen LogP contribution in [-0.2, 0) is 22.5 Å². The zero-order chi connectivity index (χ0) is 14.6. The van der Waals surface area contributed by atoms with E-state index in [1.807, 2.05) is 0 Å². The van der Waals surface area contributed by atoms with Crippen molar-refractivity contribution in [1.29, 1.82) is 0 Å². The third-order valence-electron chi connectivity index (χ3n) is 2.37. The molecule has 0 radical (unpaired) electrons. The van der Waals surface area contributed by atoms with Gasteiger partial charge in [0.1, 0.15) is 0 Å². The summed E-state index contributed by atoms with van der Waals surface area (Å²) in [5.74, 6) is -1.12. The molecule has 19 heavy (non-hydrogen) atoms. The van der Waals surface area contributed by atoms with Crippen molar-refractivity contribution in [3.05, 3.63) is 22.9 Å². The minimum atomic E-state index is -4.82. The second kappa shape index (κ2) is 5.87. The average molecular weight is 278 g/mol. The minimum absolute atomic E-state index is 0.103. The van der Waals surface area contributed by atoms with E-state index in [0.717, 1.165) is 6.07 Å². The third-order valence-corrected chi connectivity index (χ3v) is 2.37. The molecule has 0 saturated carbocycles. The number of aryl methyl sites for hydroxylation is 1. The highest BCUT2D eigenvalue weighted by molar-refractivity contribution is 5.73. The molecular formula is C11H13F3N2O3. The molecule has 5 nitrogen and oxygen atoms in total. The maximum absolute atomic E-state index is 12.1. The Kier molecular flexibility index (Phi) is 4.71. The van der Waals surface area contributed by atoms with Crippen molar-refractivity contribution >= 4 is 5.97 Å². The van der Waals surface area contributed by atoms with Gasteiger partial charge >= 0.3 is 12.3 Å². The summed E-state index contributed by atoms with van der Waals surface area (Å²) < 4.78 is 44.5. The molecule has 0 spiro atoms. The van der Waals surface area contributed by atoms with E-state index in [9.17, 15) is 18.0 Å². The lowest BCUT2D eigenvalue weighted by molar-refractivity contribution is -0.276. The van der Waals surface area contributed by atoms with Crippen LogP contribution in [0, 0.1) is 6.92 Å². The minimum Gasteiger partial charge on any atom is -0.469 e. The van der Waals surface area contributed by atoms with Crippen molar-refractivity contribution in [1.82, 2.24) is 4.98 Å². The molecule has 0 unspecified atom stereocenters. The molecule has 0 aliphatic heterocycles. The first-order valence-corrected chi connectivity index (χ1v) is 5.29. The molecule has 0 amide bonds. The normalized spacial score (nSPS) is 11.3. The van der Waals surface area contributed by atoms with Crippen LogP contribution in [0.15, 0.2) is 6.07 Å². The van der Waals surface area contributed by atoms with Crippen LogP contribution in [0.4, 0.5) is 13.2 Å². The Bertz CT molecular complexity index is 475. The summed E-state index contributed by atoms with van der Waals surface area (Å²) in [6.45, 7) is 1.44. The molecule has 1 aromatic heterocycles. The Balaban J connectivity index is 3.11. The molecule has 1 heterocycles. The van der Waals surface area contributed by atoms with Crippen molar-refractivity contribution in [2.45, 2.75) is 26.3 Å². The summed E-state index contributed by atoms with van der Waals surface area (Å²) in [6.07, 6.45) is -4.93. The Morgan fingerprint density at radius 3 is 2.58 bits per heavy atom. The lowest BCUT2D eigenvalue weighted by Crippen LogP contribution is -2.20. The fraction of sp³-hybridized carbons (Fsp3) is 0.455. The van der Waals surface area contributed by atoms with Crippen molar-refractivity contribution in [2.75, 3.05) is 7.11 Å². The van der Waals surface area contributed by atoms with Gasteiger partial charge in [-0.15, -0.1) is 13.2 Å². The van der Waals surface area contributed by atoms with E-state index in [4.69, 9.17) is 5.73 Å². The number of nitrogens with two attached hydrogens (primary N) is 1. The van der Waals surface area contributed by atoms with Gasteiger partial charge in [-0.3, -0.25) is 4.79 Å². The third kappa shape index (κ3) is 4.40. The second-order valence-corrected chi connectivity index (χ2v) is 3.71. The number of methoxy groups -OCH3 is 1. The number of hydrogen-bond donors (Lipinski definition) is 1. The van der Waals surface area contributed by atoms with E-state index < -0.39 is 18.2 Å². The van der Waals surface area contributed by atoms with Crippen molar-refractivity contribution in [3.63, 3.8) is 0 Å². The molecule has 0 atom stereocenters. The fourth-order valence-electron chi connectivity index (χ4n) is 1.53. The van der Waals surface area contributed by atoms with Crippen LogP contribution in [-0.4, -0.2) is 24.4 Å². The average Bonchev–Trinajstić information content (AvgIpc) is 2.29. The first-order valence-electron chi connectivity index (χ1n) is 5.29. The monoisotopic (exact) mass is 278 g/mol. The summed E-state index contributed by atoms with van der Waals surface area (Å²) in [7, 11) is 1.22. The van der Waals surface area contributed by atoms with Gasteiger partial charge in [-0.1, -0.05) is 0 Å². The zero-order valence-corrected chi connectivity index (χ0v) is 10.4. The second-order valence-electron chi connectivity index (χ2n) is 3.71. The molecule has 0 aromatic carbocycles. The molecule has 106 valence electrons. The lowest BCUT2D eigenvalue weighted by atomic mass is 10.0. The molecule has 1 rings (SSSR count). The molecule has 0 aliphatic rings. The van der Waals surface area contributed by atoms with Crippen molar-refractivity contribution < 1.29 is 27.4 Å². The van der Waals surface area contributed by atoms with Crippen LogP contribution in [0.3, 0.4) is 0 Å². The smallest absolute Gasteiger partial charge is 0.469 e. The van der Waals surface area contributed by atoms with Gasteiger partial charge in [0.15, 0.2) is 0 Å². The first-order chi connectivity index (χ1) is 8.76. The van der Waals surface area contributed by atoms with E-state index in [-0.39, 0.29) is 18.7 Å². The van der Waals surface area contributed by atoms with E-state index in [2.05, 4.69) is 14.5 Å². The number of ether oxygens (including phenoxy) is 2. The Labute approximate surface area is 107 Å². The molecular weight excluding hydrogens is 265 g/mol. The van der Waals surface area contributed by atoms with Crippen LogP contribution in [0.5, 0.6) is 5.88 Å². The summed E-state index contributed by atoms with van der Waals surface area (Å²) in [6, 6.07) is 1.10. The molecule has 0 saturated heterocycles. The Morgan fingerprint density at radius 1 is 1.47 bits per heavy atom. The summed E-state index contributed by atoms with van der Waals surface area (Å²) in [5, 5.41) is 0. The number of carbonyl (C=O) groups excluding carboxylic acids is 1. The van der Waals surface area contributed by atoms with Crippen molar-refractivity contribution in [2.24, 2.45) is 5.73 Å². The fourth-order valence-corrected chi connectivity index (χ4v) is 1.53. The van der Waals surface area contributed by atoms with E-state index in [1.54, 1.807) is 6.92 Å². The highest BCUT2D eigenvalue weighted by Gasteiger charge is 2.32. The van der Waals surface area contributed by atoms with Crippen LogP contribution < -0.4 is 10.5 Å². The van der Waals surface area contributed by atoms with Gasteiger partial charge in [0.2, 0.25) is 5.88 Å². The van der Waals surface area contributed by atoms with Crippen LogP contribution in [0.25, 0.3) is 0 Å². The quantitative estimate of drug-likeness (QED) is 0.844. The number of carbonyl (C=O) groups is 1. The number of esters is 1. The largest absolute Gasteiger partial charge is 0.574 e. The Morgan fingerprint density at radius 2 is 2.11 bits per heavy atom. The number of alkyl halides is 3. The topological polar surface area (TPSA) is 74.4 Å². The van der Waals surface area contributed by atoms with E-state index in [0.29, 0.717) is 11.1 Å². The predicted octanol–water partition coefficient (Wildman–Crippen LogP) is 1.46. The van der Waals surface area contributed by atoms with Crippen LogP contribution >= 0.6 is 0 Å². The molecule has 1 aromatic rings. The maximum Gasteiger partial charge on any atom is 0.574 e. The van der Waals surface area contributed by atoms with Gasteiger partial charge in [-0.05, 0) is 18.1 Å². The molecule has 8 heteroatoms. The number of aromatic nitrogens is 1. The van der Waals surface area contributed by atoms with E-state index >= 15 is 0 Å². The van der Waals surface area contributed by atoms with Gasteiger partial charge in [0, 0.05) is 12.6 Å². The van der Waals surface area contributed by atoms with Gasteiger partial charge in [-0.25, -0.2) is 4.98 Å². The number of halogens is 3. The first kappa shape index (κ1) is 15.2. The number of nitrogens with zero attached hydrogens (tertiary/aromatic N) is 1. The molecule has 0 aliphatic carbocycles. The van der Waals surface area contributed by atoms with Gasteiger partial charge in [-0.2, -0.15) is 0 Å². The van der Waals surface area contributed by atoms with Gasteiger partial charge < -0.3 is 15.2 Å². The summed E-state index contributed by atoms with van der Waals surface area (Å²) in [4.78, 5) is 14.9. The lowest BCUT2D eigenvalue weighted by Gasteiger charge is -2.14.